The highest BCUT2D eigenvalue weighted by Crippen LogP contribution is 2.26. The molecule has 4 heteroatoms. The number of benzene rings is 1. The van der Waals surface area contributed by atoms with Crippen molar-refractivity contribution in [1.29, 1.82) is 0 Å². The van der Waals surface area contributed by atoms with Crippen LogP contribution in [0.5, 0.6) is 0 Å². The summed E-state index contributed by atoms with van der Waals surface area (Å²) in [5.41, 5.74) is 9.12. The van der Waals surface area contributed by atoms with Gasteiger partial charge in [-0.3, -0.25) is 4.90 Å². The standard InChI is InChI=1S/C14H18N2O2/c15-8-11-2-1-3-13-14(11)12(10-18-13)9-16-4-6-17-7-5-16/h1-3,10H,4-9,15H2. The highest BCUT2D eigenvalue weighted by atomic mass is 16.5. The van der Waals surface area contributed by atoms with Crippen LogP contribution in [0.25, 0.3) is 11.0 Å². The number of furan rings is 1. The molecule has 1 aliphatic heterocycles. The van der Waals surface area contributed by atoms with E-state index in [0.717, 1.165) is 44.0 Å². The molecular formula is C14H18N2O2. The summed E-state index contributed by atoms with van der Waals surface area (Å²) in [5.74, 6) is 0. The Bertz CT molecular complexity index is 530. The number of ether oxygens (including phenoxy) is 1. The minimum atomic E-state index is 0.549. The van der Waals surface area contributed by atoms with Gasteiger partial charge in [-0.05, 0) is 11.6 Å². The highest BCUT2D eigenvalue weighted by molar-refractivity contribution is 5.84. The van der Waals surface area contributed by atoms with Crippen molar-refractivity contribution in [3.05, 3.63) is 35.6 Å². The van der Waals surface area contributed by atoms with Gasteiger partial charge < -0.3 is 14.9 Å². The van der Waals surface area contributed by atoms with Gasteiger partial charge in [0, 0.05) is 37.1 Å². The third-order valence-electron chi connectivity index (χ3n) is 3.48. The predicted molar refractivity (Wildman–Crippen MR) is 70.2 cm³/mol. The zero-order valence-electron chi connectivity index (χ0n) is 10.4. The van der Waals surface area contributed by atoms with Gasteiger partial charge in [-0.15, -0.1) is 0 Å². The van der Waals surface area contributed by atoms with Crippen LogP contribution in [-0.2, 0) is 17.8 Å². The first-order chi connectivity index (χ1) is 8.88. The van der Waals surface area contributed by atoms with E-state index in [4.69, 9.17) is 14.9 Å². The lowest BCUT2D eigenvalue weighted by atomic mass is 10.1. The van der Waals surface area contributed by atoms with E-state index in [1.807, 2.05) is 18.4 Å². The molecule has 1 aromatic heterocycles. The van der Waals surface area contributed by atoms with E-state index in [2.05, 4.69) is 11.0 Å². The molecule has 0 atom stereocenters. The summed E-state index contributed by atoms with van der Waals surface area (Å²) >= 11 is 0. The molecule has 2 aromatic rings. The number of hydrogen-bond donors (Lipinski definition) is 1. The molecule has 4 nitrogen and oxygen atoms in total. The van der Waals surface area contributed by atoms with Crippen molar-refractivity contribution in [3.63, 3.8) is 0 Å². The Morgan fingerprint density at radius 1 is 1.17 bits per heavy atom. The molecular weight excluding hydrogens is 228 g/mol. The Labute approximate surface area is 106 Å². The maximum atomic E-state index is 5.80. The summed E-state index contributed by atoms with van der Waals surface area (Å²) in [6, 6.07) is 6.06. The molecule has 2 heterocycles. The Hall–Kier alpha value is -1.36. The van der Waals surface area contributed by atoms with Gasteiger partial charge in [0.2, 0.25) is 0 Å². The normalized spacial score (nSPS) is 17.4. The molecule has 3 rings (SSSR count). The first kappa shape index (κ1) is 11.7. The van der Waals surface area contributed by atoms with Crippen LogP contribution in [0, 0.1) is 0 Å². The molecule has 0 unspecified atom stereocenters. The number of nitrogens with two attached hydrogens (primary N) is 1. The second kappa shape index (κ2) is 5.10. The maximum absolute atomic E-state index is 5.80. The molecule has 0 bridgehead atoms. The Morgan fingerprint density at radius 2 is 2.00 bits per heavy atom. The second-order valence-corrected chi connectivity index (χ2v) is 4.64. The Balaban J connectivity index is 1.91. The van der Waals surface area contributed by atoms with Crippen LogP contribution >= 0.6 is 0 Å². The minimum Gasteiger partial charge on any atom is -0.464 e. The topological polar surface area (TPSA) is 51.6 Å². The molecule has 0 radical (unpaired) electrons. The minimum absolute atomic E-state index is 0.549. The molecule has 0 aliphatic carbocycles. The molecule has 1 aromatic carbocycles. The average Bonchev–Trinajstić information content (AvgIpc) is 2.83. The number of rotatable bonds is 3. The molecule has 2 N–H and O–H groups in total. The average molecular weight is 246 g/mol. The quantitative estimate of drug-likeness (QED) is 0.896. The lowest BCUT2D eigenvalue weighted by Crippen LogP contribution is -2.35. The van der Waals surface area contributed by atoms with Crippen LogP contribution in [0.3, 0.4) is 0 Å². The van der Waals surface area contributed by atoms with Gasteiger partial charge in [-0.1, -0.05) is 12.1 Å². The van der Waals surface area contributed by atoms with Crippen LogP contribution in [0.4, 0.5) is 0 Å². The largest absolute Gasteiger partial charge is 0.464 e. The summed E-state index contributed by atoms with van der Waals surface area (Å²) in [6.45, 7) is 5.06. The van der Waals surface area contributed by atoms with Gasteiger partial charge in [-0.25, -0.2) is 0 Å². The summed E-state index contributed by atoms with van der Waals surface area (Å²) < 4.78 is 11.0. The van der Waals surface area contributed by atoms with Gasteiger partial charge in [0.15, 0.2) is 0 Å². The van der Waals surface area contributed by atoms with E-state index in [1.165, 1.54) is 10.9 Å². The zero-order valence-corrected chi connectivity index (χ0v) is 10.4. The van der Waals surface area contributed by atoms with Gasteiger partial charge in [0.25, 0.3) is 0 Å². The molecule has 96 valence electrons. The fraction of sp³-hybridized carbons (Fsp3) is 0.429. The molecule has 18 heavy (non-hydrogen) atoms. The third kappa shape index (κ3) is 2.14. The van der Waals surface area contributed by atoms with E-state index in [1.54, 1.807) is 0 Å². The number of hydrogen-bond acceptors (Lipinski definition) is 4. The van der Waals surface area contributed by atoms with E-state index in [9.17, 15) is 0 Å². The van der Waals surface area contributed by atoms with Gasteiger partial charge in [-0.2, -0.15) is 0 Å². The van der Waals surface area contributed by atoms with E-state index in [-0.39, 0.29) is 0 Å². The Kier molecular flexibility index (Phi) is 3.32. The fourth-order valence-electron chi connectivity index (χ4n) is 2.52. The van der Waals surface area contributed by atoms with Gasteiger partial charge >= 0.3 is 0 Å². The SMILES string of the molecule is NCc1cccc2occ(CN3CCOCC3)c12. The summed E-state index contributed by atoms with van der Waals surface area (Å²) in [6.07, 6.45) is 1.86. The van der Waals surface area contributed by atoms with Crippen LogP contribution in [-0.4, -0.2) is 31.2 Å². The van der Waals surface area contributed by atoms with E-state index >= 15 is 0 Å². The van der Waals surface area contributed by atoms with Crippen LogP contribution in [0.15, 0.2) is 28.9 Å². The maximum Gasteiger partial charge on any atom is 0.134 e. The van der Waals surface area contributed by atoms with Crippen molar-refractivity contribution in [2.45, 2.75) is 13.1 Å². The van der Waals surface area contributed by atoms with Crippen molar-refractivity contribution in [2.24, 2.45) is 5.73 Å². The van der Waals surface area contributed by atoms with Crippen LogP contribution < -0.4 is 5.73 Å². The predicted octanol–water partition coefficient (Wildman–Crippen LogP) is 1.72. The molecule has 0 spiro atoms. The zero-order chi connectivity index (χ0) is 12.4. The fourth-order valence-corrected chi connectivity index (χ4v) is 2.52. The highest BCUT2D eigenvalue weighted by Gasteiger charge is 2.15. The molecule has 1 fully saturated rings. The first-order valence-corrected chi connectivity index (χ1v) is 6.36. The number of morpholine rings is 1. The van der Waals surface area contributed by atoms with E-state index in [0.29, 0.717) is 6.54 Å². The lowest BCUT2D eigenvalue weighted by molar-refractivity contribution is 0.0342. The number of nitrogens with zero attached hydrogens (tertiary/aromatic N) is 1. The third-order valence-corrected chi connectivity index (χ3v) is 3.48. The Morgan fingerprint density at radius 3 is 2.78 bits per heavy atom. The number of fused-ring (bicyclic) bond motifs is 1. The van der Waals surface area contributed by atoms with Crippen molar-refractivity contribution in [2.75, 3.05) is 26.3 Å². The monoisotopic (exact) mass is 246 g/mol. The molecule has 0 saturated carbocycles. The summed E-state index contributed by atoms with van der Waals surface area (Å²) in [7, 11) is 0. The van der Waals surface area contributed by atoms with Gasteiger partial charge in [0.05, 0.1) is 19.5 Å². The summed E-state index contributed by atoms with van der Waals surface area (Å²) in [4.78, 5) is 2.39. The first-order valence-electron chi connectivity index (χ1n) is 6.36. The van der Waals surface area contributed by atoms with Crippen LogP contribution in [0.2, 0.25) is 0 Å². The van der Waals surface area contributed by atoms with Crippen molar-refractivity contribution >= 4 is 11.0 Å². The molecule has 0 amide bonds. The van der Waals surface area contributed by atoms with Gasteiger partial charge in [0.1, 0.15) is 5.58 Å². The van der Waals surface area contributed by atoms with Crippen molar-refractivity contribution in [3.8, 4) is 0 Å². The second-order valence-electron chi connectivity index (χ2n) is 4.64. The van der Waals surface area contributed by atoms with Crippen molar-refractivity contribution in [1.82, 2.24) is 4.90 Å². The van der Waals surface area contributed by atoms with Crippen molar-refractivity contribution < 1.29 is 9.15 Å². The smallest absolute Gasteiger partial charge is 0.134 e. The van der Waals surface area contributed by atoms with Crippen LogP contribution in [0.1, 0.15) is 11.1 Å². The molecule has 1 saturated heterocycles. The van der Waals surface area contributed by atoms with E-state index < -0.39 is 0 Å². The summed E-state index contributed by atoms with van der Waals surface area (Å²) in [5, 5.41) is 1.19. The lowest BCUT2D eigenvalue weighted by Gasteiger charge is -2.26. The molecule has 1 aliphatic rings.